The van der Waals surface area contributed by atoms with Gasteiger partial charge in [-0.1, -0.05) is 24.3 Å². The summed E-state index contributed by atoms with van der Waals surface area (Å²) < 4.78 is 24.8. The molecule has 0 unspecified atom stereocenters. The van der Waals surface area contributed by atoms with E-state index in [9.17, 15) is 13.2 Å². The molecule has 1 aromatic carbocycles. The molecule has 6 heteroatoms. The molecule has 94 valence electrons. The van der Waals surface area contributed by atoms with Crippen molar-refractivity contribution >= 4 is 16.0 Å². The highest BCUT2D eigenvalue weighted by molar-refractivity contribution is 7.89. The molecule has 0 bridgehead atoms. The molecule has 0 fully saturated rings. The van der Waals surface area contributed by atoms with Gasteiger partial charge in [-0.2, -0.15) is 0 Å². The molecule has 0 atom stereocenters. The molecule has 0 spiro atoms. The fourth-order valence-corrected chi connectivity index (χ4v) is 1.84. The Morgan fingerprint density at radius 3 is 2.24 bits per heavy atom. The normalized spacial score (nSPS) is 11.4. The lowest BCUT2D eigenvalue weighted by Crippen LogP contribution is -2.24. The van der Waals surface area contributed by atoms with Gasteiger partial charge in [0.25, 0.3) is 0 Å². The number of nitrogens with one attached hydrogen (secondary N) is 1. The zero-order chi connectivity index (χ0) is 12.9. The van der Waals surface area contributed by atoms with Crippen LogP contribution in [0.15, 0.2) is 24.3 Å². The molecule has 0 aromatic heterocycles. The third-order valence-electron chi connectivity index (χ3n) is 2.25. The predicted octanol–water partition coefficient (Wildman–Crippen LogP) is 0.753. The van der Waals surface area contributed by atoms with E-state index in [0.717, 1.165) is 5.56 Å². The second-order valence-electron chi connectivity index (χ2n) is 3.61. The van der Waals surface area contributed by atoms with Crippen LogP contribution in [0.25, 0.3) is 0 Å². The molecule has 1 aromatic rings. The van der Waals surface area contributed by atoms with Crippen LogP contribution >= 0.6 is 0 Å². The maximum absolute atomic E-state index is 11.2. The van der Waals surface area contributed by atoms with Crippen molar-refractivity contribution in [2.45, 2.75) is 19.9 Å². The van der Waals surface area contributed by atoms with Crippen LogP contribution in [-0.4, -0.2) is 25.2 Å². The maximum Gasteiger partial charge on any atom is 0.307 e. The average Bonchev–Trinajstić information content (AvgIpc) is 2.28. The van der Waals surface area contributed by atoms with Crippen molar-refractivity contribution in [3.05, 3.63) is 35.4 Å². The highest BCUT2D eigenvalue weighted by atomic mass is 32.2. The Kier molecular flexibility index (Phi) is 4.65. The van der Waals surface area contributed by atoms with Gasteiger partial charge < -0.3 is 5.11 Å². The molecule has 0 aliphatic rings. The lowest BCUT2D eigenvalue weighted by Gasteiger charge is -2.05. The third-order valence-corrected chi connectivity index (χ3v) is 3.60. The Morgan fingerprint density at radius 1 is 1.24 bits per heavy atom. The first-order chi connectivity index (χ1) is 7.93. The van der Waals surface area contributed by atoms with E-state index in [1.165, 1.54) is 0 Å². The molecule has 0 heterocycles. The molecule has 0 saturated carbocycles. The summed E-state index contributed by atoms with van der Waals surface area (Å²) in [5.74, 6) is -0.839. The van der Waals surface area contributed by atoms with E-state index in [0.29, 0.717) is 5.56 Å². The second-order valence-corrected chi connectivity index (χ2v) is 5.71. The largest absolute Gasteiger partial charge is 0.481 e. The van der Waals surface area contributed by atoms with Gasteiger partial charge in [-0.3, -0.25) is 4.79 Å². The molecular formula is C11H15NO4S. The number of hydrogen-bond donors (Lipinski definition) is 2. The number of carboxylic acid groups (broad SMARTS) is 1. The molecule has 0 aliphatic heterocycles. The van der Waals surface area contributed by atoms with E-state index < -0.39 is 16.0 Å². The van der Waals surface area contributed by atoms with Gasteiger partial charge in [-0.25, -0.2) is 13.1 Å². The first kappa shape index (κ1) is 13.7. The lowest BCUT2D eigenvalue weighted by atomic mass is 10.1. The van der Waals surface area contributed by atoms with Gasteiger partial charge in [0, 0.05) is 6.54 Å². The van der Waals surface area contributed by atoms with Gasteiger partial charge >= 0.3 is 5.97 Å². The van der Waals surface area contributed by atoms with E-state index in [4.69, 9.17) is 5.11 Å². The van der Waals surface area contributed by atoms with Crippen molar-refractivity contribution in [3.8, 4) is 0 Å². The van der Waals surface area contributed by atoms with Gasteiger partial charge in [0.15, 0.2) is 0 Å². The number of rotatable bonds is 6. The minimum atomic E-state index is -3.19. The van der Waals surface area contributed by atoms with Crippen LogP contribution < -0.4 is 4.72 Å². The van der Waals surface area contributed by atoms with Crippen molar-refractivity contribution in [1.29, 1.82) is 0 Å². The summed E-state index contributed by atoms with van der Waals surface area (Å²) in [6.45, 7) is 1.79. The van der Waals surface area contributed by atoms with Crippen LogP contribution in [-0.2, 0) is 27.8 Å². The quantitative estimate of drug-likeness (QED) is 0.787. The van der Waals surface area contributed by atoms with E-state index in [1.54, 1.807) is 31.2 Å². The van der Waals surface area contributed by atoms with Gasteiger partial charge in [-0.05, 0) is 18.1 Å². The predicted molar refractivity (Wildman–Crippen MR) is 64.1 cm³/mol. The van der Waals surface area contributed by atoms with Gasteiger partial charge in [0.1, 0.15) is 0 Å². The van der Waals surface area contributed by atoms with E-state index in [2.05, 4.69) is 4.72 Å². The van der Waals surface area contributed by atoms with Crippen molar-refractivity contribution in [3.63, 3.8) is 0 Å². The Balaban J connectivity index is 2.60. The fraction of sp³-hybridized carbons (Fsp3) is 0.364. The highest BCUT2D eigenvalue weighted by Crippen LogP contribution is 2.05. The average molecular weight is 257 g/mol. The monoisotopic (exact) mass is 257 g/mol. The molecular weight excluding hydrogens is 242 g/mol. The third kappa shape index (κ3) is 4.97. The first-order valence-corrected chi connectivity index (χ1v) is 6.85. The molecule has 0 radical (unpaired) electrons. The Labute approximate surface area is 101 Å². The minimum Gasteiger partial charge on any atom is -0.481 e. The summed E-state index contributed by atoms with van der Waals surface area (Å²) in [5.41, 5.74) is 1.50. The van der Waals surface area contributed by atoms with Gasteiger partial charge in [0.05, 0.1) is 12.2 Å². The Morgan fingerprint density at radius 2 is 1.76 bits per heavy atom. The summed E-state index contributed by atoms with van der Waals surface area (Å²) in [6, 6.07) is 6.81. The summed E-state index contributed by atoms with van der Waals surface area (Å²) in [7, 11) is -3.19. The van der Waals surface area contributed by atoms with Crippen LogP contribution in [0.5, 0.6) is 0 Å². The standard InChI is InChI=1S/C11H15NO4S/c1-2-17(15,16)12-8-10-5-3-9(4-6-10)7-11(13)14/h3-6,12H,2,7-8H2,1H3,(H,13,14). The van der Waals surface area contributed by atoms with Crippen LogP contribution in [0.4, 0.5) is 0 Å². The summed E-state index contributed by atoms with van der Waals surface area (Å²) in [6.07, 6.45) is -0.0268. The fourth-order valence-electron chi connectivity index (χ4n) is 1.24. The molecule has 0 amide bonds. The number of carbonyl (C=O) groups is 1. The second kappa shape index (κ2) is 5.79. The number of carboxylic acids is 1. The highest BCUT2D eigenvalue weighted by Gasteiger charge is 2.06. The maximum atomic E-state index is 11.2. The van der Waals surface area contributed by atoms with E-state index in [1.807, 2.05) is 0 Å². The zero-order valence-corrected chi connectivity index (χ0v) is 10.3. The summed E-state index contributed by atoms with van der Waals surface area (Å²) in [4.78, 5) is 10.5. The van der Waals surface area contributed by atoms with Crippen molar-refractivity contribution in [1.82, 2.24) is 4.72 Å². The number of aliphatic carboxylic acids is 1. The molecule has 2 N–H and O–H groups in total. The summed E-state index contributed by atoms with van der Waals surface area (Å²) >= 11 is 0. The van der Waals surface area contributed by atoms with Gasteiger partial charge in [0.2, 0.25) is 10.0 Å². The lowest BCUT2D eigenvalue weighted by molar-refractivity contribution is -0.136. The number of sulfonamides is 1. The SMILES string of the molecule is CCS(=O)(=O)NCc1ccc(CC(=O)O)cc1. The summed E-state index contributed by atoms with van der Waals surface area (Å²) in [5, 5.41) is 8.59. The smallest absolute Gasteiger partial charge is 0.307 e. The van der Waals surface area contributed by atoms with Gasteiger partial charge in [-0.15, -0.1) is 0 Å². The molecule has 1 rings (SSSR count). The van der Waals surface area contributed by atoms with Crippen molar-refractivity contribution in [2.24, 2.45) is 0 Å². The zero-order valence-electron chi connectivity index (χ0n) is 9.51. The van der Waals surface area contributed by atoms with Crippen LogP contribution in [0.1, 0.15) is 18.1 Å². The van der Waals surface area contributed by atoms with Crippen molar-refractivity contribution < 1.29 is 18.3 Å². The number of benzene rings is 1. The Bertz CT molecular complexity index is 479. The van der Waals surface area contributed by atoms with E-state index >= 15 is 0 Å². The molecule has 0 aliphatic carbocycles. The van der Waals surface area contributed by atoms with Crippen LogP contribution in [0.2, 0.25) is 0 Å². The first-order valence-electron chi connectivity index (χ1n) is 5.20. The van der Waals surface area contributed by atoms with E-state index in [-0.39, 0.29) is 18.7 Å². The Hall–Kier alpha value is -1.40. The molecule has 17 heavy (non-hydrogen) atoms. The molecule has 0 saturated heterocycles. The minimum absolute atomic E-state index is 0.0268. The van der Waals surface area contributed by atoms with Crippen LogP contribution in [0, 0.1) is 0 Å². The molecule has 5 nitrogen and oxygen atoms in total. The van der Waals surface area contributed by atoms with Crippen LogP contribution in [0.3, 0.4) is 0 Å². The topological polar surface area (TPSA) is 83.5 Å². The van der Waals surface area contributed by atoms with Crippen molar-refractivity contribution in [2.75, 3.05) is 5.75 Å². The number of hydrogen-bond acceptors (Lipinski definition) is 3.